The average molecular weight is 230 g/mol. The first-order valence-electron chi connectivity index (χ1n) is 6.47. The summed E-state index contributed by atoms with van der Waals surface area (Å²) in [6.45, 7) is 9.38. The molecule has 0 aliphatic carbocycles. The Bertz CT molecular complexity index is 160. The van der Waals surface area contributed by atoms with Crippen molar-refractivity contribution in [2.45, 2.75) is 52.5 Å². The second kappa shape index (κ2) is 8.97. The lowest BCUT2D eigenvalue weighted by molar-refractivity contribution is 0.176. The molecule has 0 aromatic heterocycles. The molecule has 0 radical (unpaired) electrons. The highest BCUT2D eigenvalue weighted by Gasteiger charge is 2.16. The van der Waals surface area contributed by atoms with Gasteiger partial charge in [-0.2, -0.15) is 0 Å². The van der Waals surface area contributed by atoms with E-state index in [4.69, 9.17) is 10.5 Å². The predicted octanol–water partition coefficient (Wildman–Crippen LogP) is 2.16. The fraction of sp³-hybridized carbons (Fsp3) is 1.00. The molecule has 16 heavy (non-hydrogen) atoms. The molecule has 0 aliphatic rings. The standard InChI is InChI=1S/C13H30N2O/c1-5-6-7-8-13(2,3)11-15-9-12(14)10-16-4/h12,15H,5-11,14H2,1-4H3. The van der Waals surface area contributed by atoms with Gasteiger partial charge < -0.3 is 15.8 Å². The van der Waals surface area contributed by atoms with E-state index in [1.807, 2.05) is 0 Å². The smallest absolute Gasteiger partial charge is 0.0626 e. The third-order valence-corrected chi connectivity index (χ3v) is 2.85. The van der Waals surface area contributed by atoms with Gasteiger partial charge in [-0.05, 0) is 11.8 Å². The van der Waals surface area contributed by atoms with Crippen LogP contribution < -0.4 is 11.1 Å². The SMILES string of the molecule is CCCCCC(C)(C)CNCC(N)COC. The molecule has 98 valence electrons. The third kappa shape index (κ3) is 9.13. The maximum atomic E-state index is 5.85. The van der Waals surface area contributed by atoms with Crippen LogP contribution in [0.1, 0.15) is 46.5 Å². The van der Waals surface area contributed by atoms with E-state index in [2.05, 4.69) is 26.1 Å². The number of ether oxygens (including phenoxy) is 1. The van der Waals surface area contributed by atoms with Crippen LogP contribution in [-0.2, 0) is 4.74 Å². The second-order valence-corrected chi connectivity index (χ2v) is 5.47. The average Bonchev–Trinajstić information content (AvgIpc) is 2.18. The van der Waals surface area contributed by atoms with Crippen LogP contribution in [0.25, 0.3) is 0 Å². The van der Waals surface area contributed by atoms with Crippen LogP contribution in [0.4, 0.5) is 0 Å². The van der Waals surface area contributed by atoms with Gasteiger partial charge in [0.15, 0.2) is 0 Å². The van der Waals surface area contributed by atoms with Gasteiger partial charge in [-0.3, -0.25) is 0 Å². The zero-order valence-corrected chi connectivity index (χ0v) is 11.5. The Balaban J connectivity index is 3.56. The predicted molar refractivity (Wildman–Crippen MR) is 70.6 cm³/mol. The van der Waals surface area contributed by atoms with Crippen LogP contribution in [0.2, 0.25) is 0 Å². The summed E-state index contributed by atoms with van der Waals surface area (Å²) in [5.74, 6) is 0. The number of rotatable bonds is 10. The van der Waals surface area contributed by atoms with Crippen molar-refractivity contribution in [3.63, 3.8) is 0 Å². The van der Waals surface area contributed by atoms with Crippen LogP contribution in [0.5, 0.6) is 0 Å². The molecule has 0 bridgehead atoms. The summed E-state index contributed by atoms with van der Waals surface area (Å²) in [6, 6.07) is 0.108. The number of nitrogens with one attached hydrogen (secondary N) is 1. The lowest BCUT2D eigenvalue weighted by atomic mass is 9.87. The number of hydrogen-bond donors (Lipinski definition) is 2. The molecule has 0 heterocycles. The second-order valence-electron chi connectivity index (χ2n) is 5.47. The summed E-state index contributed by atoms with van der Waals surface area (Å²) < 4.78 is 5.00. The fourth-order valence-corrected chi connectivity index (χ4v) is 1.81. The lowest BCUT2D eigenvalue weighted by Gasteiger charge is -2.26. The first-order valence-corrected chi connectivity index (χ1v) is 6.47. The topological polar surface area (TPSA) is 47.3 Å². The monoisotopic (exact) mass is 230 g/mol. The molecule has 0 saturated heterocycles. The Hall–Kier alpha value is -0.120. The molecular weight excluding hydrogens is 200 g/mol. The zero-order valence-electron chi connectivity index (χ0n) is 11.5. The van der Waals surface area contributed by atoms with Gasteiger partial charge in [0.25, 0.3) is 0 Å². The number of nitrogens with two attached hydrogens (primary N) is 1. The van der Waals surface area contributed by atoms with Gasteiger partial charge in [0.05, 0.1) is 6.61 Å². The molecule has 0 aliphatic heterocycles. The Labute approximate surface area is 101 Å². The van der Waals surface area contributed by atoms with Crippen molar-refractivity contribution >= 4 is 0 Å². The van der Waals surface area contributed by atoms with E-state index < -0.39 is 0 Å². The van der Waals surface area contributed by atoms with E-state index in [-0.39, 0.29) is 6.04 Å². The van der Waals surface area contributed by atoms with Crippen LogP contribution >= 0.6 is 0 Å². The molecule has 0 rings (SSSR count). The summed E-state index contributed by atoms with van der Waals surface area (Å²) in [4.78, 5) is 0. The van der Waals surface area contributed by atoms with Gasteiger partial charge in [0, 0.05) is 26.2 Å². The zero-order chi connectivity index (χ0) is 12.4. The van der Waals surface area contributed by atoms with E-state index in [1.165, 1.54) is 25.7 Å². The first-order chi connectivity index (χ1) is 7.52. The van der Waals surface area contributed by atoms with Gasteiger partial charge in [-0.1, -0.05) is 40.0 Å². The fourth-order valence-electron chi connectivity index (χ4n) is 1.81. The molecule has 3 nitrogen and oxygen atoms in total. The highest BCUT2D eigenvalue weighted by Crippen LogP contribution is 2.22. The van der Waals surface area contributed by atoms with Crippen LogP contribution in [0.15, 0.2) is 0 Å². The summed E-state index contributed by atoms with van der Waals surface area (Å²) in [5.41, 5.74) is 6.22. The quantitative estimate of drug-likeness (QED) is 0.565. The van der Waals surface area contributed by atoms with Gasteiger partial charge in [-0.15, -0.1) is 0 Å². The molecule has 3 heteroatoms. The van der Waals surface area contributed by atoms with E-state index in [0.29, 0.717) is 12.0 Å². The molecule has 0 spiro atoms. The van der Waals surface area contributed by atoms with Crippen molar-refractivity contribution in [1.82, 2.24) is 5.32 Å². The lowest BCUT2D eigenvalue weighted by Crippen LogP contribution is -2.40. The third-order valence-electron chi connectivity index (χ3n) is 2.85. The molecule has 0 aromatic rings. The normalized spacial score (nSPS) is 14.1. The number of unbranched alkanes of at least 4 members (excludes halogenated alkanes) is 2. The minimum Gasteiger partial charge on any atom is -0.383 e. The Morgan fingerprint density at radius 3 is 2.56 bits per heavy atom. The summed E-state index contributed by atoms with van der Waals surface area (Å²) in [7, 11) is 1.69. The van der Waals surface area contributed by atoms with Crippen molar-refractivity contribution < 1.29 is 4.74 Å². The largest absolute Gasteiger partial charge is 0.383 e. The summed E-state index contributed by atoms with van der Waals surface area (Å²) in [6.07, 6.45) is 5.25. The highest BCUT2D eigenvalue weighted by atomic mass is 16.5. The molecule has 0 aromatic carbocycles. The van der Waals surface area contributed by atoms with Crippen LogP contribution in [-0.4, -0.2) is 32.8 Å². The van der Waals surface area contributed by atoms with Crippen molar-refractivity contribution in [1.29, 1.82) is 0 Å². The van der Waals surface area contributed by atoms with Crippen LogP contribution in [0.3, 0.4) is 0 Å². The van der Waals surface area contributed by atoms with Crippen LogP contribution in [0, 0.1) is 5.41 Å². The van der Waals surface area contributed by atoms with E-state index in [1.54, 1.807) is 7.11 Å². The summed E-state index contributed by atoms with van der Waals surface area (Å²) in [5, 5.41) is 3.43. The van der Waals surface area contributed by atoms with E-state index >= 15 is 0 Å². The molecule has 0 saturated carbocycles. The van der Waals surface area contributed by atoms with Gasteiger partial charge in [0.1, 0.15) is 0 Å². The highest BCUT2D eigenvalue weighted by molar-refractivity contribution is 4.73. The Morgan fingerprint density at radius 2 is 2.00 bits per heavy atom. The number of hydrogen-bond acceptors (Lipinski definition) is 3. The van der Waals surface area contributed by atoms with Crippen molar-refractivity contribution in [3.8, 4) is 0 Å². The Kier molecular flexibility index (Phi) is 8.90. The molecular formula is C13H30N2O. The minimum atomic E-state index is 0.108. The van der Waals surface area contributed by atoms with Gasteiger partial charge >= 0.3 is 0 Å². The van der Waals surface area contributed by atoms with Crippen molar-refractivity contribution in [3.05, 3.63) is 0 Å². The number of methoxy groups -OCH3 is 1. The Morgan fingerprint density at radius 1 is 1.31 bits per heavy atom. The van der Waals surface area contributed by atoms with Crippen molar-refractivity contribution in [2.75, 3.05) is 26.8 Å². The first kappa shape index (κ1) is 15.9. The molecule has 1 atom stereocenters. The van der Waals surface area contributed by atoms with Gasteiger partial charge in [0.2, 0.25) is 0 Å². The van der Waals surface area contributed by atoms with E-state index in [9.17, 15) is 0 Å². The molecule has 1 unspecified atom stereocenters. The van der Waals surface area contributed by atoms with Gasteiger partial charge in [-0.25, -0.2) is 0 Å². The molecule has 0 amide bonds. The maximum absolute atomic E-state index is 5.85. The summed E-state index contributed by atoms with van der Waals surface area (Å²) >= 11 is 0. The van der Waals surface area contributed by atoms with E-state index in [0.717, 1.165) is 13.1 Å². The van der Waals surface area contributed by atoms with Crippen molar-refractivity contribution in [2.24, 2.45) is 11.1 Å². The maximum Gasteiger partial charge on any atom is 0.0626 e. The minimum absolute atomic E-state index is 0.108. The molecule has 0 fully saturated rings. The molecule has 3 N–H and O–H groups in total.